The van der Waals surface area contributed by atoms with Gasteiger partial charge in [0.2, 0.25) is 0 Å². The molecule has 4 nitrogen and oxygen atoms in total. The quantitative estimate of drug-likeness (QED) is 0.721. The molecule has 0 amide bonds. The first kappa shape index (κ1) is 13.8. The average molecular weight is 299 g/mol. The molecule has 106 valence electrons. The molecular weight excluding hydrogens is 284 g/mol. The van der Waals surface area contributed by atoms with Crippen molar-refractivity contribution in [3.05, 3.63) is 53.7 Å². The van der Waals surface area contributed by atoms with Gasteiger partial charge in [0.05, 0.1) is 0 Å². The largest absolute Gasteiger partial charge is 0.339 e. The molecule has 0 atom stereocenters. The van der Waals surface area contributed by atoms with Crippen molar-refractivity contribution < 1.29 is 0 Å². The fourth-order valence-electron chi connectivity index (χ4n) is 2.34. The van der Waals surface area contributed by atoms with Crippen LogP contribution in [0, 0.1) is 0 Å². The third kappa shape index (κ3) is 2.67. The van der Waals surface area contributed by atoms with E-state index in [2.05, 4.69) is 34.1 Å². The lowest BCUT2D eigenvalue weighted by Gasteiger charge is -2.15. The van der Waals surface area contributed by atoms with Crippen molar-refractivity contribution >= 4 is 33.9 Å². The topological polar surface area (TPSA) is 50.7 Å². The summed E-state index contributed by atoms with van der Waals surface area (Å²) in [5.74, 6) is 0.979. The molecule has 0 spiro atoms. The minimum absolute atomic E-state index is 0.234. The first-order chi connectivity index (χ1) is 10.2. The molecule has 21 heavy (non-hydrogen) atoms. The maximum absolute atomic E-state index is 6.21. The van der Waals surface area contributed by atoms with Crippen LogP contribution in [-0.2, 0) is 0 Å². The number of pyridine rings is 1. The van der Waals surface area contributed by atoms with E-state index < -0.39 is 0 Å². The monoisotopic (exact) mass is 298 g/mol. The van der Waals surface area contributed by atoms with Gasteiger partial charge in [-0.15, -0.1) is 0 Å². The zero-order valence-corrected chi connectivity index (χ0v) is 12.6. The molecule has 2 aromatic heterocycles. The summed E-state index contributed by atoms with van der Waals surface area (Å²) < 4.78 is 0. The summed E-state index contributed by atoms with van der Waals surface area (Å²) in [6.07, 6.45) is 5.10. The number of aromatic nitrogens is 3. The number of anilines is 2. The molecular formula is C16H15ClN4. The van der Waals surface area contributed by atoms with Gasteiger partial charge in [0.15, 0.2) is 0 Å². The van der Waals surface area contributed by atoms with Crippen LogP contribution < -0.4 is 5.32 Å². The number of benzene rings is 1. The highest BCUT2D eigenvalue weighted by Crippen LogP contribution is 2.32. The molecule has 0 aliphatic carbocycles. The van der Waals surface area contributed by atoms with Crippen molar-refractivity contribution in [3.63, 3.8) is 0 Å². The standard InChI is InChI=1S/C16H15ClN4/c1-10(2)14-15(17)19-9-20-16(14)21-13-5-3-4-11-8-18-7-6-12(11)13/h3-10H,1-2H3,(H,19,20,21). The molecule has 5 heteroatoms. The molecule has 1 aromatic carbocycles. The Kier molecular flexibility index (Phi) is 3.71. The van der Waals surface area contributed by atoms with Gasteiger partial charge >= 0.3 is 0 Å². The van der Waals surface area contributed by atoms with Crippen molar-refractivity contribution in [1.82, 2.24) is 15.0 Å². The number of nitrogens with zero attached hydrogens (tertiary/aromatic N) is 3. The van der Waals surface area contributed by atoms with E-state index in [9.17, 15) is 0 Å². The summed E-state index contributed by atoms with van der Waals surface area (Å²) in [7, 11) is 0. The van der Waals surface area contributed by atoms with Crippen LogP contribution in [0.1, 0.15) is 25.3 Å². The average Bonchev–Trinajstić information content (AvgIpc) is 2.47. The predicted molar refractivity (Wildman–Crippen MR) is 86.2 cm³/mol. The summed E-state index contributed by atoms with van der Waals surface area (Å²) in [4.78, 5) is 12.6. The summed E-state index contributed by atoms with van der Waals surface area (Å²) >= 11 is 6.21. The summed E-state index contributed by atoms with van der Waals surface area (Å²) in [5, 5.41) is 6.04. The van der Waals surface area contributed by atoms with E-state index >= 15 is 0 Å². The molecule has 0 radical (unpaired) electrons. The number of rotatable bonds is 3. The first-order valence-corrected chi connectivity index (χ1v) is 7.15. The molecule has 0 saturated heterocycles. The van der Waals surface area contributed by atoms with Crippen LogP contribution >= 0.6 is 11.6 Å². The molecule has 3 rings (SSSR count). The fraction of sp³-hybridized carbons (Fsp3) is 0.188. The first-order valence-electron chi connectivity index (χ1n) is 6.77. The summed E-state index contributed by atoms with van der Waals surface area (Å²) in [6, 6.07) is 8.02. The van der Waals surface area contributed by atoms with Gasteiger partial charge in [-0.2, -0.15) is 0 Å². The SMILES string of the molecule is CC(C)c1c(Cl)ncnc1Nc1cccc2cnccc12. The maximum Gasteiger partial charge on any atom is 0.138 e. The Labute approximate surface area is 128 Å². The van der Waals surface area contributed by atoms with E-state index in [-0.39, 0.29) is 5.92 Å². The minimum Gasteiger partial charge on any atom is -0.339 e. The summed E-state index contributed by atoms with van der Waals surface area (Å²) in [6.45, 7) is 4.14. The van der Waals surface area contributed by atoms with Crippen molar-refractivity contribution in [2.75, 3.05) is 5.32 Å². The lowest BCUT2D eigenvalue weighted by Crippen LogP contribution is -2.03. The maximum atomic E-state index is 6.21. The van der Waals surface area contributed by atoms with Crippen molar-refractivity contribution in [2.45, 2.75) is 19.8 Å². The van der Waals surface area contributed by atoms with Crippen molar-refractivity contribution in [3.8, 4) is 0 Å². The van der Waals surface area contributed by atoms with Crippen molar-refractivity contribution in [1.29, 1.82) is 0 Å². The van der Waals surface area contributed by atoms with Gasteiger partial charge in [0.25, 0.3) is 0 Å². The number of hydrogen-bond acceptors (Lipinski definition) is 4. The van der Waals surface area contributed by atoms with Gasteiger partial charge in [0, 0.05) is 34.4 Å². The fourth-order valence-corrected chi connectivity index (χ4v) is 2.70. The van der Waals surface area contributed by atoms with Crippen LogP contribution in [0.15, 0.2) is 43.0 Å². The molecule has 0 unspecified atom stereocenters. The zero-order chi connectivity index (χ0) is 14.8. The Bertz CT molecular complexity index is 781. The van der Waals surface area contributed by atoms with Gasteiger partial charge in [-0.1, -0.05) is 37.6 Å². The van der Waals surface area contributed by atoms with Crippen LogP contribution in [-0.4, -0.2) is 15.0 Å². The molecule has 0 aliphatic heterocycles. The Morgan fingerprint density at radius 2 is 2.00 bits per heavy atom. The molecule has 0 fully saturated rings. The Balaban J connectivity index is 2.09. The van der Waals surface area contributed by atoms with Gasteiger partial charge < -0.3 is 5.32 Å². The van der Waals surface area contributed by atoms with Crippen molar-refractivity contribution in [2.24, 2.45) is 0 Å². The third-order valence-electron chi connectivity index (χ3n) is 3.35. The molecule has 2 heterocycles. The predicted octanol–water partition coefficient (Wildman–Crippen LogP) is 4.55. The van der Waals surface area contributed by atoms with Crippen LogP contribution in [0.3, 0.4) is 0 Å². The third-order valence-corrected chi connectivity index (χ3v) is 3.65. The Morgan fingerprint density at radius 1 is 1.14 bits per heavy atom. The number of nitrogens with one attached hydrogen (secondary N) is 1. The van der Waals surface area contributed by atoms with E-state index in [1.807, 2.05) is 30.5 Å². The Morgan fingerprint density at radius 3 is 2.81 bits per heavy atom. The molecule has 0 bridgehead atoms. The number of halogens is 1. The second-order valence-electron chi connectivity index (χ2n) is 5.11. The van der Waals surface area contributed by atoms with Gasteiger partial charge in [-0.05, 0) is 18.1 Å². The minimum atomic E-state index is 0.234. The second-order valence-corrected chi connectivity index (χ2v) is 5.47. The highest BCUT2D eigenvalue weighted by Gasteiger charge is 2.14. The lowest BCUT2D eigenvalue weighted by molar-refractivity contribution is 0.850. The van der Waals surface area contributed by atoms with E-state index in [4.69, 9.17) is 11.6 Å². The summed E-state index contributed by atoms with van der Waals surface area (Å²) in [5.41, 5.74) is 1.90. The second kappa shape index (κ2) is 5.66. The Hall–Kier alpha value is -2.20. The number of fused-ring (bicyclic) bond motifs is 1. The van der Waals surface area contributed by atoms with E-state index in [0.29, 0.717) is 5.15 Å². The van der Waals surface area contributed by atoms with Gasteiger partial charge in [0.1, 0.15) is 17.3 Å². The normalized spacial score (nSPS) is 11.0. The smallest absolute Gasteiger partial charge is 0.138 e. The molecule has 3 aromatic rings. The van der Waals surface area contributed by atoms with E-state index in [0.717, 1.165) is 27.8 Å². The highest BCUT2D eigenvalue weighted by molar-refractivity contribution is 6.30. The van der Waals surface area contributed by atoms with Crippen LogP contribution in [0.4, 0.5) is 11.5 Å². The molecule has 0 aliphatic rings. The van der Waals surface area contributed by atoms with Crippen LogP contribution in [0.2, 0.25) is 5.15 Å². The van der Waals surface area contributed by atoms with Crippen LogP contribution in [0.5, 0.6) is 0 Å². The zero-order valence-electron chi connectivity index (χ0n) is 11.8. The van der Waals surface area contributed by atoms with E-state index in [1.165, 1.54) is 6.33 Å². The lowest BCUT2D eigenvalue weighted by atomic mass is 10.1. The van der Waals surface area contributed by atoms with Gasteiger partial charge in [-0.3, -0.25) is 4.98 Å². The molecule has 0 saturated carbocycles. The highest BCUT2D eigenvalue weighted by atomic mass is 35.5. The van der Waals surface area contributed by atoms with E-state index in [1.54, 1.807) is 6.20 Å². The molecule has 1 N–H and O–H groups in total. The number of hydrogen-bond donors (Lipinski definition) is 1. The van der Waals surface area contributed by atoms with Gasteiger partial charge in [-0.25, -0.2) is 9.97 Å². The van der Waals surface area contributed by atoms with Crippen LogP contribution in [0.25, 0.3) is 10.8 Å².